The van der Waals surface area contributed by atoms with Gasteiger partial charge in [0.15, 0.2) is 0 Å². The molecule has 0 bridgehead atoms. The van der Waals surface area contributed by atoms with Gasteiger partial charge >= 0.3 is 0 Å². The van der Waals surface area contributed by atoms with Crippen molar-refractivity contribution in [1.82, 2.24) is 4.90 Å². The second-order valence-electron chi connectivity index (χ2n) is 6.02. The Morgan fingerprint density at radius 2 is 1.67 bits per heavy atom. The van der Waals surface area contributed by atoms with Gasteiger partial charge in [-0.2, -0.15) is 0 Å². The molecule has 0 radical (unpaired) electrons. The van der Waals surface area contributed by atoms with Crippen molar-refractivity contribution in [1.29, 1.82) is 0 Å². The van der Waals surface area contributed by atoms with E-state index in [9.17, 15) is 4.79 Å². The molecule has 1 aliphatic carbocycles. The molecule has 0 aliphatic heterocycles. The number of carbonyl (C=O) groups excluding carboxylic acids is 1. The van der Waals surface area contributed by atoms with Crippen molar-refractivity contribution < 1.29 is 4.79 Å². The van der Waals surface area contributed by atoms with Crippen molar-refractivity contribution in [2.45, 2.75) is 59.4 Å². The van der Waals surface area contributed by atoms with Crippen LogP contribution in [0, 0.1) is 17.8 Å². The Morgan fingerprint density at radius 3 is 2.17 bits per heavy atom. The maximum Gasteiger partial charge on any atom is 0.226 e. The van der Waals surface area contributed by atoms with E-state index in [4.69, 9.17) is 5.73 Å². The number of carbonyl (C=O) groups is 1. The molecule has 3 nitrogen and oxygen atoms in total. The highest BCUT2D eigenvalue weighted by Crippen LogP contribution is 2.34. The van der Waals surface area contributed by atoms with Gasteiger partial charge in [-0.15, -0.1) is 0 Å². The highest BCUT2D eigenvalue weighted by atomic mass is 16.2. The topological polar surface area (TPSA) is 46.3 Å². The summed E-state index contributed by atoms with van der Waals surface area (Å²) in [5.74, 6) is 1.52. The molecule has 0 aromatic carbocycles. The maximum atomic E-state index is 12.6. The summed E-state index contributed by atoms with van der Waals surface area (Å²) in [6.45, 7) is 10.5. The van der Waals surface area contributed by atoms with Crippen LogP contribution in [-0.2, 0) is 4.79 Å². The summed E-state index contributed by atoms with van der Waals surface area (Å²) in [6, 6.07) is 0.195. The van der Waals surface area contributed by atoms with Crippen LogP contribution >= 0.6 is 0 Å². The molecule has 106 valence electrons. The third kappa shape index (κ3) is 3.71. The lowest BCUT2D eigenvalue weighted by Gasteiger charge is -2.38. The van der Waals surface area contributed by atoms with Crippen molar-refractivity contribution in [3.05, 3.63) is 0 Å². The molecule has 4 unspecified atom stereocenters. The highest BCUT2D eigenvalue weighted by Gasteiger charge is 2.36. The fraction of sp³-hybridized carbons (Fsp3) is 0.933. The smallest absolute Gasteiger partial charge is 0.226 e. The molecule has 0 saturated heterocycles. The van der Waals surface area contributed by atoms with Gasteiger partial charge in [0.25, 0.3) is 0 Å². The monoisotopic (exact) mass is 254 g/mol. The summed E-state index contributed by atoms with van der Waals surface area (Å²) in [7, 11) is 0. The summed E-state index contributed by atoms with van der Waals surface area (Å²) in [4.78, 5) is 14.7. The number of hydrogen-bond donors (Lipinski definition) is 1. The minimum atomic E-state index is 0.147. The van der Waals surface area contributed by atoms with Crippen molar-refractivity contribution in [3.8, 4) is 0 Å². The van der Waals surface area contributed by atoms with E-state index in [-0.39, 0.29) is 12.0 Å². The van der Waals surface area contributed by atoms with Gasteiger partial charge in [-0.1, -0.05) is 27.7 Å². The molecule has 3 heteroatoms. The minimum absolute atomic E-state index is 0.147. The van der Waals surface area contributed by atoms with Crippen molar-refractivity contribution >= 4 is 5.91 Å². The van der Waals surface area contributed by atoms with Crippen LogP contribution in [0.5, 0.6) is 0 Å². The first-order chi connectivity index (χ1) is 8.51. The van der Waals surface area contributed by atoms with Gasteiger partial charge in [-0.05, 0) is 37.5 Å². The Morgan fingerprint density at radius 1 is 1.11 bits per heavy atom. The highest BCUT2D eigenvalue weighted by molar-refractivity contribution is 5.79. The molecule has 1 saturated carbocycles. The van der Waals surface area contributed by atoms with Crippen molar-refractivity contribution in [3.63, 3.8) is 0 Å². The average Bonchev–Trinajstić information content (AvgIpc) is 2.33. The number of nitrogens with zero attached hydrogens (tertiary/aromatic N) is 1. The zero-order valence-corrected chi connectivity index (χ0v) is 12.5. The third-order valence-corrected chi connectivity index (χ3v) is 4.30. The fourth-order valence-electron chi connectivity index (χ4n) is 3.13. The van der Waals surface area contributed by atoms with E-state index >= 15 is 0 Å². The van der Waals surface area contributed by atoms with Crippen molar-refractivity contribution in [2.24, 2.45) is 23.5 Å². The van der Waals surface area contributed by atoms with Crippen LogP contribution in [0.2, 0.25) is 0 Å². The summed E-state index contributed by atoms with van der Waals surface area (Å²) in [6.07, 6.45) is 4.03. The van der Waals surface area contributed by atoms with E-state index in [1.165, 1.54) is 0 Å². The largest absolute Gasteiger partial charge is 0.342 e. The van der Waals surface area contributed by atoms with E-state index in [0.717, 1.165) is 38.8 Å². The minimum Gasteiger partial charge on any atom is -0.342 e. The lowest BCUT2D eigenvalue weighted by Crippen LogP contribution is -2.47. The normalized spacial score (nSPS) is 32.3. The molecular formula is C15H30N2O. The Labute approximate surface area is 112 Å². The Kier molecular flexibility index (Phi) is 6.13. The molecule has 1 fully saturated rings. The molecule has 0 aromatic heterocycles. The summed E-state index contributed by atoms with van der Waals surface area (Å²) >= 11 is 0. The van der Waals surface area contributed by atoms with E-state index in [0.29, 0.717) is 17.7 Å². The van der Waals surface area contributed by atoms with Crippen LogP contribution in [-0.4, -0.2) is 29.9 Å². The van der Waals surface area contributed by atoms with Crippen molar-refractivity contribution in [2.75, 3.05) is 13.1 Å². The first-order valence-corrected chi connectivity index (χ1v) is 7.55. The van der Waals surface area contributed by atoms with Gasteiger partial charge in [-0.3, -0.25) is 4.79 Å². The molecule has 1 amide bonds. The summed E-state index contributed by atoms with van der Waals surface area (Å²) in [5.41, 5.74) is 6.15. The quantitative estimate of drug-likeness (QED) is 0.820. The second-order valence-corrected chi connectivity index (χ2v) is 6.02. The van der Waals surface area contributed by atoms with E-state index in [1.54, 1.807) is 0 Å². The van der Waals surface area contributed by atoms with Crippen LogP contribution in [0.25, 0.3) is 0 Å². The summed E-state index contributed by atoms with van der Waals surface area (Å²) < 4.78 is 0. The molecule has 1 aliphatic rings. The van der Waals surface area contributed by atoms with Gasteiger partial charge in [-0.25, -0.2) is 0 Å². The third-order valence-electron chi connectivity index (χ3n) is 4.30. The van der Waals surface area contributed by atoms with Crippen LogP contribution in [0.1, 0.15) is 53.4 Å². The lowest BCUT2D eigenvalue weighted by molar-refractivity contribution is -0.139. The Balaban J connectivity index is 2.68. The van der Waals surface area contributed by atoms with E-state index < -0.39 is 0 Å². The molecule has 0 heterocycles. The maximum absolute atomic E-state index is 12.6. The van der Waals surface area contributed by atoms with E-state index in [1.807, 2.05) is 4.90 Å². The Bertz CT molecular complexity index is 261. The molecule has 1 rings (SSSR count). The summed E-state index contributed by atoms with van der Waals surface area (Å²) in [5, 5.41) is 0. The zero-order chi connectivity index (χ0) is 13.7. The molecule has 4 atom stereocenters. The predicted octanol–water partition coefficient (Wildman–Crippen LogP) is 2.64. The standard InChI is InChI=1S/C15H30N2O/c1-5-7-17(8-6-2)15(18)13-10-14(16)12(4)9-11(13)3/h11-14H,5-10,16H2,1-4H3. The van der Waals surface area contributed by atoms with Gasteiger partial charge in [0.05, 0.1) is 0 Å². The first-order valence-electron chi connectivity index (χ1n) is 7.55. The van der Waals surface area contributed by atoms with Gasteiger partial charge in [0, 0.05) is 25.0 Å². The predicted molar refractivity (Wildman–Crippen MR) is 76.2 cm³/mol. The number of hydrogen-bond acceptors (Lipinski definition) is 2. The molecule has 0 aromatic rings. The van der Waals surface area contributed by atoms with Gasteiger partial charge in [0.2, 0.25) is 5.91 Å². The van der Waals surface area contributed by atoms with Crippen LogP contribution in [0.3, 0.4) is 0 Å². The lowest BCUT2D eigenvalue weighted by atomic mass is 9.72. The number of rotatable bonds is 5. The molecule has 2 N–H and O–H groups in total. The molecule has 18 heavy (non-hydrogen) atoms. The molecule has 0 spiro atoms. The number of amides is 1. The van der Waals surface area contributed by atoms with Crippen LogP contribution < -0.4 is 5.73 Å². The first kappa shape index (κ1) is 15.5. The van der Waals surface area contributed by atoms with Crippen LogP contribution in [0.15, 0.2) is 0 Å². The SMILES string of the molecule is CCCN(CCC)C(=O)C1CC(N)C(C)CC1C. The molecular weight excluding hydrogens is 224 g/mol. The van der Waals surface area contributed by atoms with Gasteiger partial charge in [0.1, 0.15) is 0 Å². The fourth-order valence-corrected chi connectivity index (χ4v) is 3.13. The van der Waals surface area contributed by atoms with Crippen LogP contribution in [0.4, 0.5) is 0 Å². The number of nitrogens with two attached hydrogens (primary N) is 1. The second kappa shape index (κ2) is 7.13. The average molecular weight is 254 g/mol. The van der Waals surface area contributed by atoms with E-state index in [2.05, 4.69) is 27.7 Å². The van der Waals surface area contributed by atoms with Gasteiger partial charge < -0.3 is 10.6 Å². The Hall–Kier alpha value is -0.570. The zero-order valence-electron chi connectivity index (χ0n) is 12.5.